The van der Waals surface area contributed by atoms with Crippen LogP contribution in [0.5, 0.6) is 0 Å². The van der Waals surface area contributed by atoms with Crippen molar-refractivity contribution >= 4 is 105 Å². The lowest BCUT2D eigenvalue weighted by Gasteiger charge is -2.32. The molecule has 0 saturated carbocycles. The number of imidazole rings is 3. The van der Waals surface area contributed by atoms with Gasteiger partial charge in [0.1, 0.15) is 27.9 Å². The summed E-state index contributed by atoms with van der Waals surface area (Å²) in [5.74, 6) is 1.28. The van der Waals surface area contributed by atoms with E-state index >= 15 is 0 Å². The van der Waals surface area contributed by atoms with Gasteiger partial charge in [-0.15, -0.1) is 0 Å². The Morgan fingerprint density at radius 3 is 1.44 bits per heavy atom. The normalized spacial score (nSPS) is 14.7. The number of nitrogens with zero attached hydrogens (tertiary/aromatic N) is 19. The van der Waals surface area contributed by atoms with E-state index in [0.29, 0.717) is 94.9 Å². The average Bonchev–Trinajstić information content (AvgIpc) is 4.20. The highest BCUT2D eigenvalue weighted by atomic mass is 35.5. The molecule has 0 atom stereocenters. The van der Waals surface area contributed by atoms with Crippen LogP contribution in [0.3, 0.4) is 0 Å². The Morgan fingerprint density at radius 1 is 0.538 bits per heavy atom. The highest BCUT2D eigenvalue weighted by Gasteiger charge is 2.52. The number of anilines is 4. The molecule has 0 aliphatic carbocycles. The standard InChI is InChI=1S/C16H20N8O2.C12H12ClN7O.C11H18BN3O2.C7H6Cl2N4O/c1-10-11(8-18-15(17)20-10)12-13-14(24(2-5-25)9-19-13)22-16(21-12)23-3-6-26-7-4-23;1-6-7(4-15-12(14)17-6)8-9-10(19-11(13)18-8)20(2-3-21)5-16-9;1-7-8(6-14-9(13)15-7)12-16-10(2,3)11(4,5)17-12;8-5-4-6(12-7(9)11-5)13(1-2-14)3-10-4/h8-9,25H,2-7H2,1H3,(H2,17,18,20);4-5,21H,2-3H2,1H3,(H2,14,15,17);6H,1-5H3,(H2,13,14,15);3,14H,1-2H2. The van der Waals surface area contributed by atoms with E-state index in [1.807, 2.05) is 46.1 Å². The molecular formula is C46H56BCl3N22O6. The monoisotopic (exact) mass is 1130 g/mol. The molecule has 2 saturated heterocycles. The zero-order valence-electron chi connectivity index (χ0n) is 43.5. The quantitative estimate of drug-likeness (QED) is 0.0651. The Hall–Kier alpha value is -7.22. The van der Waals surface area contributed by atoms with Crippen molar-refractivity contribution in [1.82, 2.24) is 88.5 Å². The van der Waals surface area contributed by atoms with Crippen LogP contribution in [0.4, 0.5) is 23.8 Å². The molecule has 9 N–H and O–H groups in total. The van der Waals surface area contributed by atoms with Gasteiger partial charge in [-0.05, 0) is 71.7 Å². The number of nitrogen functional groups attached to an aromatic ring is 3. The summed E-state index contributed by atoms with van der Waals surface area (Å²) in [7, 11) is -0.430. The average molecular weight is 1130 g/mol. The molecule has 0 radical (unpaired) electrons. The third kappa shape index (κ3) is 12.5. The van der Waals surface area contributed by atoms with Crippen molar-refractivity contribution in [2.24, 2.45) is 0 Å². The lowest BCUT2D eigenvalue weighted by Crippen LogP contribution is -2.41. The van der Waals surface area contributed by atoms with E-state index in [2.05, 4.69) is 69.7 Å². The summed E-state index contributed by atoms with van der Waals surface area (Å²) in [4.78, 5) is 65.0. The summed E-state index contributed by atoms with van der Waals surface area (Å²) in [5, 5.41) is 27.6. The number of morpholine rings is 1. The van der Waals surface area contributed by atoms with Gasteiger partial charge in [-0.2, -0.15) is 15.0 Å². The number of aliphatic hydroxyl groups excluding tert-OH is 3. The molecule has 78 heavy (non-hydrogen) atoms. The van der Waals surface area contributed by atoms with Crippen molar-refractivity contribution in [3.8, 4) is 22.5 Å². The highest BCUT2D eigenvalue weighted by molar-refractivity contribution is 6.62. The number of nitrogens with two attached hydrogens (primary N) is 3. The van der Waals surface area contributed by atoms with Gasteiger partial charge in [0.25, 0.3) is 0 Å². The van der Waals surface area contributed by atoms with Crippen LogP contribution in [-0.4, -0.2) is 168 Å². The minimum atomic E-state index is -0.430. The molecule has 2 aliphatic rings. The Morgan fingerprint density at radius 2 is 0.962 bits per heavy atom. The minimum absolute atomic E-state index is 0.00168. The molecule has 0 bridgehead atoms. The van der Waals surface area contributed by atoms with Crippen LogP contribution in [0.2, 0.25) is 15.7 Å². The predicted octanol–water partition coefficient (Wildman–Crippen LogP) is 2.61. The molecule has 11 rings (SSSR count). The van der Waals surface area contributed by atoms with Gasteiger partial charge in [-0.1, -0.05) is 11.6 Å². The number of aliphatic hydroxyl groups is 3. The van der Waals surface area contributed by atoms with Crippen LogP contribution in [0, 0.1) is 20.8 Å². The minimum Gasteiger partial charge on any atom is -0.399 e. The van der Waals surface area contributed by atoms with Gasteiger partial charge < -0.3 is 65.2 Å². The summed E-state index contributed by atoms with van der Waals surface area (Å²) in [6.07, 6.45) is 9.70. The third-order valence-electron chi connectivity index (χ3n) is 12.6. The fourth-order valence-corrected chi connectivity index (χ4v) is 8.55. The first-order chi connectivity index (χ1) is 37.2. The van der Waals surface area contributed by atoms with Crippen LogP contribution in [0.1, 0.15) is 44.8 Å². The Balaban J connectivity index is 0.000000141. The topological polar surface area (TPSA) is 378 Å². The number of hydrogen-bond acceptors (Lipinski definition) is 25. The Kier molecular flexibility index (Phi) is 17.7. The fourth-order valence-electron chi connectivity index (χ4n) is 7.96. The second kappa shape index (κ2) is 24.2. The molecule has 0 unspecified atom stereocenters. The molecule has 9 aromatic rings. The van der Waals surface area contributed by atoms with Crippen molar-refractivity contribution in [2.45, 2.75) is 79.3 Å². The van der Waals surface area contributed by atoms with Crippen LogP contribution in [-0.2, 0) is 33.7 Å². The number of fused-ring (bicyclic) bond motifs is 3. The number of halogens is 3. The lowest BCUT2D eigenvalue weighted by atomic mass is 9.79. The van der Waals surface area contributed by atoms with E-state index in [1.165, 1.54) is 6.33 Å². The lowest BCUT2D eigenvalue weighted by molar-refractivity contribution is 0.00578. The second-order valence-electron chi connectivity index (χ2n) is 18.4. The number of rotatable bonds is 10. The first-order valence-electron chi connectivity index (χ1n) is 24.2. The van der Waals surface area contributed by atoms with Crippen molar-refractivity contribution in [2.75, 3.05) is 68.2 Å². The molecule has 11 heterocycles. The van der Waals surface area contributed by atoms with Crippen LogP contribution in [0.15, 0.2) is 37.6 Å². The van der Waals surface area contributed by atoms with Crippen molar-refractivity contribution in [3.63, 3.8) is 0 Å². The summed E-state index contributed by atoms with van der Waals surface area (Å²) >= 11 is 17.4. The van der Waals surface area contributed by atoms with E-state index < -0.39 is 7.12 Å². The molecule has 2 fully saturated rings. The van der Waals surface area contributed by atoms with Gasteiger partial charge in [0, 0.05) is 73.6 Å². The molecule has 28 nitrogen and oxygen atoms in total. The fraction of sp³-hybridized carbons (Fsp3) is 0.413. The Bertz CT molecular complexity index is 3560. The van der Waals surface area contributed by atoms with E-state index in [4.69, 9.17) is 86.2 Å². The molecule has 0 amide bonds. The van der Waals surface area contributed by atoms with Gasteiger partial charge in [0.15, 0.2) is 22.1 Å². The number of aryl methyl sites for hydroxylation is 3. The molecule has 32 heteroatoms. The van der Waals surface area contributed by atoms with Gasteiger partial charge in [0.2, 0.25) is 34.4 Å². The maximum Gasteiger partial charge on any atom is 0.498 e. The van der Waals surface area contributed by atoms with Crippen molar-refractivity contribution < 1.29 is 29.4 Å². The van der Waals surface area contributed by atoms with Crippen molar-refractivity contribution in [3.05, 3.63) is 70.4 Å². The summed E-state index contributed by atoms with van der Waals surface area (Å²) in [5.41, 5.74) is 25.2. The highest BCUT2D eigenvalue weighted by Crippen LogP contribution is 2.37. The third-order valence-corrected chi connectivity index (χ3v) is 13.3. The van der Waals surface area contributed by atoms with Crippen LogP contribution >= 0.6 is 34.8 Å². The molecule has 0 aromatic carbocycles. The first-order valence-corrected chi connectivity index (χ1v) is 25.3. The van der Waals surface area contributed by atoms with E-state index in [9.17, 15) is 5.11 Å². The van der Waals surface area contributed by atoms with Crippen LogP contribution in [0.25, 0.3) is 56.0 Å². The van der Waals surface area contributed by atoms with Gasteiger partial charge in [0.05, 0.1) is 74.6 Å². The maximum atomic E-state index is 9.32. The van der Waals surface area contributed by atoms with Gasteiger partial charge >= 0.3 is 7.12 Å². The number of aromatic nitrogens is 18. The largest absolute Gasteiger partial charge is 0.498 e. The first kappa shape index (κ1) is 57.0. The number of ether oxygens (including phenoxy) is 1. The second-order valence-corrected chi connectivity index (χ2v) is 19.4. The van der Waals surface area contributed by atoms with Crippen LogP contribution < -0.4 is 27.6 Å². The smallest absolute Gasteiger partial charge is 0.399 e. The summed E-state index contributed by atoms with van der Waals surface area (Å²) < 4.78 is 22.5. The number of hydrogen-bond donors (Lipinski definition) is 6. The summed E-state index contributed by atoms with van der Waals surface area (Å²) in [6.45, 7) is 17.5. The van der Waals surface area contributed by atoms with Crippen molar-refractivity contribution in [1.29, 1.82) is 0 Å². The zero-order chi connectivity index (χ0) is 56.1. The SMILES string of the molecule is Cc1nc(N)ncc1-c1nc(Cl)nc2c1ncn2CCO.Cc1nc(N)ncc1-c1nc(N2CCOCC2)nc2c1ncn2CCO.Cc1nc(N)ncc1B1OC(C)(C)C(C)(C)O1.OCCn1cnc2c(Cl)nc(Cl)nc21. The molecule has 0 spiro atoms. The summed E-state index contributed by atoms with van der Waals surface area (Å²) in [6, 6.07) is 0. The van der Waals surface area contributed by atoms with E-state index in [-0.39, 0.29) is 64.6 Å². The van der Waals surface area contributed by atoms with Gasteiger partial charge in [-0.3, -0.25) is 0 Å². The Labute approximate surface area is 461 Å². The maximum absolute atomic E-state index is 9.32. The molecule has 2 aliphatic heterocycles. The molecule has 410 valence electrons. The van der Waals surface area contributed by atoms with E-state index in [1.54, 1.807) is 47.3 Å². The van der Waals surface area contributed by atoms with E-state index in [0.717, 1.165) is 35.5 Å². The predicted molar refractivity (Wildman–Crippen MR) is 293 cm³/mol. The molecular weight excluding hydrogens is 1070 g/mol. The van der Waals surface area contributed by atoms with Gasteiger partial charge in [-0.25, -0.2) is 59.8 Å². The zero-order valence-corrected chi connectivity index (χ0v) is 45.8. The molecule has 9 aromatic heterocycles.